The number of carbonyl (C=O) groups is 1. The van der Waals surface area contributed by atoms with Crippen LogP contribution >= 0.6 is 0 Å². The first-order valence-electron chi connectivity index (χ1n) is 4.32. The summed E-state index contributed by atoms with van der Waals surface area (Å²) in [5.74, 6) is -0.961. The van der Waals surface area contributed by atoms with E-state index in [2.05, 4.69) is 15.4 Å². The third kappa shape index (κ3) is 3.14. The Balaban J connectivity index is 2.36. The van der Waals surface area contributed by atoms with Crippen LogP contribution < -0.4 is 0 Å². The number of nitrogens with one attached hydrogen (secondary N) is 1. The van der Waals surface area contributed by atoms with Gasteiger partial charge in [-0.25, -0.2) is 4.79 Å². The van der Waals surface area contributed by atoms with E-state index < -0.39 is 12.1 Å². The summed E-state index contributed by atoms with van der Waals surface area (Å²) in [5, 5.41) is 18.6. The Hall–Kier alpha value is -1.43. The fraction of sp³-hybridized carbons (Fsp3) is 0.625. The number of carboxylic acid groups (broad SMARTS) is 1. The molecule has 6 nitrogen and oxygen atoms in total. The lowest BCUT2D eigenvalue weighted by atomic mass is 10.2. The van der Waals surface area contributed by atoms with Crippen molar-refractivity contribution in [3.8, 4) is 0 Å². The number of hydrogen-bond acceptors (Lipinski definition) is 4. The van der Waals surface area contributed by atoms with Gasteiger partial charge in [-0.05, 0) is 13.8 Å². The van der Waals surface area contributed by atoms with Gasteiger partial charge in [0.05, 0.1) is 18.0 Å². The molecule has 2 atom stereocenters. The maximum atomic E-state index is 10.5. The minimum absolute atomic E-state index is 0.189. The molecule has 0 amide bonds. The Kier molecular flexibility index (Phi) is 3.58. The monoisotopic (exact) mass is 199 g/mol. The van der Waals surface area contributed by atoms with E-state index in [-0.39, 0.29) is 6.10 Å². The first kappa shape index (κ1) is 10.6. The SMILES string of the molecule is CC(Cc1cn[nH]n1)O[C@H](C)C(=O)O. The maximum absolute atomic E-state index is 10.5. The minimum atomic E-state index is -0.961. The molecule has 0 spiro atoms. The van der Waals surface area contributed by atoms with Crippen LogP contribution in [0.4, 0.5) is 0 Å². The summed E-state index contributed by atoms with van der Waals surface area (Å²) in [5.41, 5.74) is 0.759. The highest BCUT2D eigenvalue weighted by atomic mass is 16.5. The zero-order valence-electron chi connectivity index (χ0n) is 8.10. The predicted octanol–water partition coefficient (Wildman–Crippen LogP) is 0.225. The molecule has 0 bridgehead atoms. The van der Waals surface area contributed by atoms with Crippen LogP contribution in [0.3, 0.4) is 0 Å². The van der Waals surface area contributed by atoms with E-state index in [9.17, 15) is 4.79 Å². The molecule has 0 saturated heterocycles. The molecule has 6 heteroatoms. The van der Waals surface area contributed by atoms with Crippen LogP contribution in [0.2, 0.25) is 0 Å². The number of carboxylic acids is 1. The molecule has 14 heavy (non-hydrogen) atoms. The summed E-state index contributed by atoms with van der Waals surface area (Å²) >= 11 is 0. The summed E-state index contributed by atoms with van der Waals surface area (Å²) in [6, 6.07) is 0. The summed E-state index contributed by atoms with van der Waals surface area (Å²) in [6.07, 6.45) is 1.16. The fourth-order valence-electron chi connectivity index (χ4n) is 1.07. The van der Waals surface area contributed by atoms with Crippen molar-refractivity contribution in [2.45, 2.75) is 32.5 Å². The van der Waals surface area contributed by atoms with Crippen LogP contribution in [0.5, 0.6) is 0 Å². The molecule has 1 unspecified atom stereocenters. The normalized spacial score (nSPS) is 15.0. The molecule has 0 aliphatic carbocycles. The molecule has 0 radical (unpaired) electrons. The summed E-state index contributed by atoms with van der Waals surface area (Å²) in [7, 11) is 0. The molecule has 1 heterocycles. The van der Waals surface area contributed by atoms with Gasteiger partial charge in [-0.2, -0.15) is 15.4 Å². The lowest BCUT2D eigenvalue weighted by Gasteiger charge is -2.14. The summed E-state index contributed by atoms with van der Waals surface area (Å²) in [4.78, 5) is 10.5. The van der Waals surface area contributed by atoms with Crippen LogP contribution in [0.1, 0.15) is 19.5 Å². The molecule has 78 valence electrons. The zero-order valence-corrected chi connectivity index (χ0v) is 8.10. The molecule has 2 N–H and O–H groups in total. The van der Waals surface area contributed by atoms with Gasteiger partial charge < -0.3 is 9.84 Å². The number of aliphatic carboxylic acids is 1. The quantitative estimate of drug-likeness (QED) is 0.708. The molecule has 0 fully saturated rings. The van der Waals surface area contributed by atoms with Gasteiger partial charge in [0.1, 0.15) is 0 Å². The van der Waals surface area contributed by atoms with Gasteiger partial charge in [0, 0.05) is 6.42 Å². The van der Waals surface area contributed by atoms with Gasteiger partial charge in [0.15, 0.2) is 6.10 Å². The van der Waals surface area contributed by atoms with Gasteiger partial charge in [-0.15, -0.1) is 0 Å². The van der Waals surface area contributed by atoms with E-state index in [4.69, 9.17) is 9.84 Å². The molecular formula is C8H13N3O3. The second-order valence-electron chi connectivity index (χ2n) is 3.09. The highest BCUT2D eigenvalue weighted by Crippen LogP contribution is 2.04. The molecule has 1 aromatic heterocycles. The second kappa shape index (κ2) is 4.71. The maximum Gasteiger partial charge on any atom is 0.332 e. The van der Waals surface area contributed by atoms with Crippen LogP contribution in [0, 0.1) is 0 Å². The van der Waals surface area contributed by atoms with Crippen molar-refractivity contribution in [1.29, 1.82) is 0 Å². The number of rotatable bonds is 5. The van der Waals surface area contributed by atoms with Crippen molar-refractivity contribution < 1.29 is 14.6 Å². The van der Waals surface area contributed by atoms with Crippen LogP contribution in [-0.2, 0) is 16.0 Å². The number of hydrogen-bond donors (Lipinski definition) is 2. The lowest BCUT2D eigenvalue weighted by molar-refractivity contribution is -0.152. The average molecular weight is 199 g/mol. The van der Waals surface area contributed by atoms with Crippen molar-refractivity contribution in [3.63, 3.8) is 0 Å². The van der Waals surface area contributed by atoms with Crippen molar-refractivity contribution in [1.82, 2.24) is 15.4 Å². The topological polar surface area (TPSA) is 88.1 Å². The highest BCUT2D eigenvalue weighted by Gasteiger charge is 2.15. The van der Waals surface area contributed by atoms with E-state index in [1.54, 1.807) is 13.1 Å². The number of nitrogens with zero attached hydrogens (tertiary/aromatic N) is 2. The average Bonchev–Trinajstić information content (AvgIpc) is 2.56. The standard InChI is InChI=1S/C8H13N3O3/c1-5(14-6(2)8(12)13)3-7-4-9-11-10-7/h4-6H,3H2,1-2H3,(H,12,13)(H,9,10,11)/t5?,6-/m1/s1. The third-order valence-electron chi connectivity index (χ3n) is 1.75. The Labute approximate surface area is 81.3 Å². The van der Waals surface area contributed by atoms with E-state index in [0.717, 1.165) is 5.69 Å². The second-order valence-corrected chi connectivity index (χ2v) is 3.09. The molecule has 0 aliphatic heterocycles. The van der Waals surface area contributed by atoms with Crippen molar-refractivity contribution in [3.05, 3.63) is 11.9 Å². The van der Waals surface area contributed by atoms with E-state index >= 15 is 0 Å². The smallest absolute Gasteiger partial charge is 0.332 e. The lowest BCUT2D eigenvalue weighted by Crippen LogP contribution is -2.26. The number of H-pyrrole nitrogens is 1. The van der Waals surface area contributed by atoms with Crippen LogP contribution in [0.25, 0.3) is 0 Å². The summed E-state index contributed by atoms with van der Waals surface area (Å²) in [6.45, 7) is 3.30. The van der Waals surface area contributed by atoms with Gasteiger partial charge in [0.2, 0.25) is 0 Å². The molecule has 0 aromatic carbocycles. The van der Waals surface area contributed by atoms with Crippen molar-refractivity contribution >= 4 is 5.97 Å². The Morgan fingerprint density at radius 1 is 1.71 bits per heavy atom. The highest BCUT2D eigenvalue weighted by molar-refractivity contribution is 5.71. The molecule has 0 saturated carbocycles. The molecule has 1 rings (SSSR count). The van der Waals surface area contributed by atoms with Gasteiger partial charge in [-0.1, -0.05) is 0 Å². The van der Waals surface area contributed by atoms with E-state index in [0.29, 0.717) is 6.42 Å². The third-order valence-corrected chi connectivity index (χ3v) is 1.75. The Morgan fingerprint density at radius 2 is 2.43 bits per heavy atom. The first-order valence-corrected chi connectivity index (χ1v) is 4.32. The van der Waals surface area contributed by atoms with Gasteiger partial charge in [0.25, 0.3) is 0 Å². The number of ether oxygens (including phenoxy) is 1. The summed E-state index contributed by atoms with van der Waals surface area (Å²) < 4.78 is 5.20. The van der Waals surface area contributed by atoms with E-state index in [1.165, 1.54) is 6.92 Å². The van der Waals surface area contributed by atoms with Crippen LogP contribution in [0.15, 0.2) is 6.20 Å². The number of aromatic amines is 1. The Bertz CT molecular complexity index is 286. The zero-order chi connectivity index (χ0) is 10.6. The molecule has 1 aromatic rings. The minimum Gasteiger partial charge on any atom is -0.479 e. The Morgan fingerprint density at radius 3 is 2.93 bits per heavy atom. The van der Waals surface area contributed by atoms with E-state index in [1.807, 2.05) is 0 Å². The number of aromatic nitrogens is 3. The first-order chi connectivity index (χ1) is 6.59. The van der Waals surface area contributed by atoms with Crippen molar-refractivity contribution in [2.75, 3.05) is 0 Å². The molecular weight excluding hydrogens is 186 g/mol. The largest absolute Gasteiger partial charge is 0.479 e. The van der Waals surface area contributed by atoms with Gasteiger partial charge in [-0.3, -0.25) is 0 Å². The van der Waals surface area contributed by atoms with Crippen LogP contribution in [-0.4, -0.2) is 38.7 Å². The molecule has 0 aliphatic rings. The predicted molar refractivity (Wildman–Crippen MR) is 47.7 cm³/mol. The van der Waals surface area contributed by atoms with Crippen molar-refractivity contribution in [2.24, 2.45) is 0 Å². The fourth-order valence-corrected chi connectivity index (χ4v) is 1.07. The van der Waals surface area contributed by atoms with Gasteiger partial charge >= 0.3 is 5.97 Å².